The minimum absolute atomic E-state index is 0.546. The van der Waals surface area contributed by atoms with Crippen LogP contribution in [0.25, 0.3) is 16.8 Å². The Labute approximate surface area is 145 Å². The number of nitrogens with zero attached hydrogens (tertiary/aromatic N) is 1. The first-order valence-electron chi connectivity index (χ1n) is 7.70. The number of halogens is 3. The Morgan fingerprint density at radius 2 is 1.76 bits per heavy atom. The third-order valence-corrected chi connectivity index (χ3v) is 3.74. The van der Waals surface area contributed by atoms with Gasteiger partial charge in [0.25, 0.3) is 0 Å². The predicted molar refractivity (Wildman–Crippen MR) is 96.2 cm³/mol. The zero-order valence-corrected chi connectivity index (χ0v) is 14.1. The fourth-order valence-electron chi connectivity index (χ4n) is 2.47. The molecule has 2 aromatic rings. The summed E-state index contributed by atoms with van der Waals surface area (Å²) in [5.74, 6) is 0. The van der Waals surface area contributed by atoms with E-state index in [9.17, 15) is 13.2 Å². The SMILES string of the molecule is CN=CC=C(N)c1cc(-c2ccc(C(F)(F)F)cc2)ccc1CNC. The average Bonchev–Trinajstić information content (AvgIpc) is 2.59. The van der Waals surface area contributed by atoms with Crippen LogP contribution in [-0.2, 0) is 12.7 Å². The maximum absolute atomic E-state index is 12.7. The van der Waals surface area contributed by atoms with Crippen LogP contribution < -0.4 is 11.1 Å². The van der Waals surface area contributed by atoms with E-state index in [2.05, 4.69) is 10.3 Å². The lowest BCUT2D eigenvalue weighted by Crippen LogP contribution is -2.10. The summed E-state index contributed by atoms with van der Waals surface area (Å²) >= 11 is 0. The molecule has 0 fully saturated rings. The highest BCUT2D eigenvalue weighted by atomic mass is 19.4. The lowest BCUT2D eigenvalue weighted by Gasteiger charge is -2.13. The monoisotopic (exact) mass is 347 g/mol. The fraction of sp³-hybridized carbons (Fsp3) is 0.211. The van der Waals surface area contributed by atoms with Gasteiger partial charge in [-0.1, -0.05) is 24.3 Å². The van der Waals surface area contributed by atoms with Crippen LogP contribution in [0.1, 0.15) is 16.7 Å². The van der Waals surface area contributed by atoms with E-state index in [1.165, 1.54) is 12.1 Å². The van der Waals surface area contributed by atoms with Crippen molar-refractivity contribution in [2.45, 2.75) is 12.7 Å². The number of hydrogen-bond donors (Lipinski definition) is 2. The Kier molecular flexibility index (Phi) is 5.98. The largest absolute Gasteiger partial charge is 0.416 e. The van der Waals surface area contributed by atoms with Crippen LogP contribution in [-0.4, -0.2) is 20.3 Å². The molecule has 0 radical (unpaired) electrons. The van der Waals surface area contributed by atoms with Gasteiger partial charge in [0.2, 0.25) is 0 Å². The predicted octanol–water partition coefficient (Wildman–Crippen LogP) is 4.09. The lowest BCUT2D eigenvalue weighted by molar-refractivity contribution is -0.137. The quantitative estimate of drug-likeness (QED) is 0.801. The van der Waals surface area contributed by atoms with Crippen molar-refractivity contribution in [2.24, 2.45) is 10.7 Å². The van der Waals surface area contributed by atoms with Gasteiger partial charge < -0.3 is 11.1 Å². The number of nitrogens with one attached hydrogen (secondary N) is 1. The molecule has 0 aromatic heterocycles. The summed E-state index contributed by atoms with van der Waals surface area (Å²) in [7, 11) is 3.48. The number of nitrogens with two attached hydrogens (primary N) is 1. The molecule has 0 spiro atoms. The molecule has 6 heteroatoms. The van der Waals surface area contributed by atoms with Crippen LogP contribution >= 0.6 is 0 Å². The van der Waals surface area contributed by atoms with Crippen LogP contribution in [0.4, 0.5) is 13.2 Å². The topological polar surface area (TPSA) is 50.4 Å². The first-order chi connectivity index (χ1) is 11.9. The van der Waals surface area contributed by atoms with Crippen molar-refractivity contribution in [1.29, 1.82) is 0 Å². The fourth-order valence-corrected chi connectivity index (χ4v) is 2.47. The molecule has 132 valence electrons. The van der Waals surface area contributed by atoms with E-state index in [1.807, 2.05) is 25.2 Å². The number of benzene rings is 2. The zero-order valence-electron chi connectivity index (χ0n) is 14.1. The normalized spacial score (nSPS) is 12.8. The molecule has 2 rings (SSSR count). The summed E-state index contributed by atoms with van der Waals surface area (Å²) < 4.78 is 38.1. The third-order valence-electron chi connectivity index (χ3n) is 3.74. The first kappa shape index (κ1) is 18.7. The van der Waals surface area contributed by atoms with Crippen LogP contribution in [0, 0.1) is 0 Å². The van der Waals surface area contributed by atoms with Gasteiger partial charge in [-0.25, -0.2) is 0 Å². The molecule has 0 amide bonds. The molecule has 0 heterocycles. The summed E-state index contributed by atoms with van der Waals surface area (Å²) in [6.45, 7) is 0.625. The molecule has 3 nitrogen and oxygen atoms in total. The van der Waals surface area contributed by atoms with Crippen LogP contribution in [0.5, 0.6) is 0 Å². The van der Waals surface area contributed by atoms with E-state index in [1.54, 1.807) is 19.3 Å². The van der Waals surface area contributed by atoms with Crippen molar-refractivity contribution in [1.82, 2.24) is 5.32 Å². The van der Waals surface area contributed by atoms with Gasteiger partial charge in [0.05, 0.1) is 5.56 Å². The van der Waals surface area contributed by atoms with Crippen molar-refractivity contribution in [3.63, 3.8) is 0 Å². The lowest BCUT2D eigenvalue weighted by atomic mass is 9.96. The van der Waals surface area contributed by atoms with Crippen molar-refractivity contribution in [3.8, 4) is 11.1 Å². The molecule has 0 aliphatic carbocycles. The average molecular weight is 347 g/mol. The van der Waals surface area contributed by atoms with Gasteiger partial charge in [0.1, 0.15) is 0 Å². The van der Waals surface area contributed by atoms with E-state index < -0.39 is 11.7 Å². The Balaban J connectivity index is 2.45. The van der Waals surface area contributed by atoms with E-state index in [0.29, 0.717) is 17.8 Å². The second-order valence-electron chi connectivity index (χ2n) is 5.51. The first-order valence-corrected chi connectivity index (χ1v) is 7.70. The molecule has 0 saturated carbocycles. The Morgan fingerprint density at radius 1 is 1.12 bits per heavy atom. The zero-order chi connectivity index (χ0) is 18.4. The minimum Gasteiger partial charge on any atom is -0.398 e. The summed E-state index contributed by atoms with van der Waals surface area (Å²) in [4.78, 5) is 3.89. The molecular weight excluding hydrogens is 327 g/mol. The summed E-state index contributed by atoms with van der Waals surface area (Å²) in [6.07, 6.45) is -1.04. The molecule has 0 aliphatic rings. The van der Waals surface area contributed by atoms with Crippen molar-refractivity contribution in [3.05, 3.63) is 65.2 Å². The Bertz CT molecular complexity index is 775. The molecule has 2 aromatic carbocycles. The Morgan fingerprint density at radius 3 is 2.32 bits per heavy atom. The highest BCUT2D eigenvalue weighted by molar-refractivity contribution is 5.85. The molecule has 0 saturated heterocycles. The number of rotatable bonds is 5. The maximum atomic E-state index is 12.7. The summed E-state index contributed by atoms with van der Waals surface area (Å²) in [5, 5.41) is 3.08. The second-order valence-corrected chi connectivity index (χ2v) is 5.51. The molecule has 0 unspecified atom stereocenters. The Hall–Kier alpha value is -2.60. The van der Waals surface area contributed by atoms with Gasteiger partial charge in [-0.2, -0.15) is 13.2 Å². The third kappa shape index (κ3) is 4.70. The van der Waals surface area contributed by atoms with Crippen molar-refractivity contribution in [2.75, 3.05) is 14.1 Å². The van der Waals surface area contributed by atoms with Gasteiger partial charge in [0.15, 0.2) is 0 Å². The molecule has 0 atom stereocenters. The minimum atomic E-state index is -4.34. The van der Waals surface area contributed by atoms with E-state index in [4.69, 9.17) is 5.73 Å². The number of alkyl halides is 3. The number of hydrogen-bond acceptors (Lipinski definition) is 3. The summed E-state index contributed by atoms with van der Waals surface area (Å²) in [6, 6.07) is 10.8. The standard InChI is InChI=1S/C19H20F3N3/c1-24-10-9-18(23)17-11-14(3-4-15(17)12-25-2)13-5-7-16(8-6-13)19(20,21)22/h3-11,25H,12,23H2,1-2H3. The number of aliphatic imine (C=N–C) groups is 1. The van der Waals surface area contributed by atoms with E-state index in [0.717, 1.165) is 28.8 Å². The second kappa shape index (κ2) is 7.98. The highest BCUT2D eigenvalue weighted by Crippen LogP contribution is 2.31. The van der Waals surface area contributed by atoms with Gasteiger partial charge in [-0.15, -0.1) is 0 Å². The maximum Gasteiger partial charge on any atom is 0.416 e. The van der Waals surface area contributed by atoms with Crippen LogP contribution in [0.2, 0.25) is 0 Å². The van der Waals surface area contributed by atoms with Crippen LogP contribution in [0.3, 0.4) is 0 Å². The van der Waals surface area contributed by atoms with Gasteiger partial charge >= 0.3 is 6.18 Å². The van der Waals surface area contributed by atoms with Gasteiger partial charge in [0, 0.05) is 31.1 Å². The van der Waals surface area contributed by atoms with Gasteiger partial charge in [-0.3, -0.25) is 4.99 Å². The molecule has 0 bridgehead atoms. The highest BCUT2D eigenvalue weighted by Gasteiger charge is 2.29. The molecule has 0 aliphatic heterocycles. The van der Waals surface area contributed by atoms with Crippen LogP contribution in [0.15, 0.2) is 53.5 Å². The van der Waals surface area contributed by atoms with Crippen molar-refractivity contribution >= 4 is 11.9 Å². The van der Waals surface area contributed by atoms with E-state index >= 15 is 0 Å². The number of allylic oxidation sites excluding steroid dienone is 1. The molecular formula is C19H20F3N3. The summed E-state index contributed by atoms with van der Waals surface area (Å²) in [5.41, 5.74) is 9.33. The van der Waals surface area contributed by atoms with E-state index in [-0.39, 0.29) is 0 Å². The van der Waals surface area contributed by atoms with Gasteiger partial charge in [-0.05, 0) is 48.0 Å². The smallest absolute Gasteiger partial charge is 0.398 e. The molecule has 3 N–H and O–H groups in total. The van der Waals surface area contributed by atoms with Crippen molar-refractivity contribution < 1.29 is 13.2 Å². The molecule has 25 heavy (non-hydrogen) atoms.